The van der Waals surface area contributed by atoms with E-state index in [0.717, 1.165) is 28.6 Å². The van der Waals surface area contributed by atoms with E-state index < -0.39 is 0 Å². The molecule has 0 saturated carbocycles. The summed E-state index contributed by atoms with van der Waals surface area (Å²) >= 11 is 0. The minimum Gasteiger partial charge on any atom is -0.491 e. The molecule has 0 aliphatic carbocycles. The maximum atomic E-state index is 11.2. The summed E-state index contributed by atoms with van der Waals surface area (Å²) in [6.45, 7) is 4.56. The maximum absolute atomic E-state index is 11.2. The zero-order valence-corrected chi connectivity index (χ0v) is 16.1. The van der Waals surface area contributed by atoms with E-state index in [2.05, 4.69) is 16.4 Å². The molecule has 3 aromatic rings. The minimum atomic E-state index is -0.145. The van der Waals surface area contributed by atoms with Crippen LogP contribution in [-0.4, -0.2) is 30.1 Å². The maximum Gasteiger partial charge on any atom is 0.233 e. The van der Waals surface area contributed by atoms with Gasteiger partial charge in [0.25, 0.3) is 0 Å². The lowest BCUT2D eigenvalue weighted by Crippen LogP contribution is -2.31. The van der Waals surface area contributed by atoms with Gasteiger partial charge < -0.3 is 20.5 Å². The Morgan fingerprint density at radius 2 is 1.82 bits per heavy atom. The number of pyridine rings is 1. The Hall–Kier alpha value is -3.12. The number of benzene rings is 2. The normalized spacial score (nSPS) is 10.9. The highest BCUT2D eigenvalue weighted by atomic mass is 16.5. The average molecular weight is 379 g/mol. The summed E-state index contributed by atoms with van der Waals surface area (Å²) in [6.07, 6.45) is 0.876. The molecule has 1 amide bonds. The van der Waals surface area contributed by atoms with Gasteiger partial charge in [0, 0.05) is 18.0 Å². The number of rotatable bonds is 8. The van der Waals surface area contributed by atoms with Gasteiger partial charge in [-0.1, -0.05) is 6.07 Å². The lowest BCUT2D eigenvalue weighted by atomic mass is 10.1. The standard InChI is InChI=1S/C22H25N3O3/c1-15(2)27-18-5-7-19(8-6-18)28-22-10-4-17-13-16(3-9-20(17)25-22)11-12-24-21(26)14-23/h3-10,13,15H,11-12,14,23H2,1-2H3,(H,24,26). The fourth-order valence-electron chi connectivity index (χ4n) is 2.77. The average Bonchev–Trinajstić information content (AvgIpc) is 2.69. The predicted octanol–water partition coefficient (Wildman–Crippen LogP) is 3.43. The molecule has 0 radical (unpaired) electrons. The molecule has 1 aromatic heterocycles. The molecule has 2 aromatic carbocycles. The molecule has 6 heteroatoms. The van der Waals surface area contributed by atoms with Gasteiger partial charge in [-0.15, -0.1) is 0 Å². The molecule has 0 bridgehead atoms. The summed E-state index contributed by atoms with van der Waals surface area (Å²) in [4.78, 5) is 15.8. The molecule has 28 heavy (non-hydrogen) atoms. The number of amides is 1. The van der Waals surface area contributed by atoms with Gasteiger partial charge in [-0.05, 0) is 68.3 Å². The minimum absolute atomic E-state index is 0.0118. The molecule has 1 heterocycles. The molecule has 0 aliphatic heterocycles. The number of nitrogens with zero attached hydrogens (tertiary/aromatic N) is 1. The number of aromatic nitrogens is 1. The van der Waals surface area contributed by atoms with Crippen molar-refractivity contribution in [2.24, 2.45) is 5.73 Å². The SMILES string of the molecule is CC(C)Oc1ccc(Oc2ccc3cc(CCNC(=O)CN)ccc3n2)cc1. The Morgan fingerprint density at radius 3 is 2.54 bits per heavy atom. The topological polar surface area (TPSA) is 86.5 Å². The van der Waals surface area contributed by atoms with Crippen LogP contribution in [0.4, 0.5) is 0 Å². The van der Waals surface area contributed by atoms with Gasteiger partial charge >= 0.3 is 0 Å². The zero-order valence-electron chi connectivity index (χ0n) is 16.1. The Kier molecular flexibility index (Phi) is 6.45. The number of carbonyl (C=O) groups is 1. The number of ether oxygens (including phenoxy) is 2. The summed E-state index contributed by atoms with van der Waals surface area (Å²) in [6, 6.07) is 17.4. The summed E-state index contributed by atoms with van der Waals surface area (Å²) < 4.78 is 11.5. The molecular weight excluding hydrogens is 354 g/mol. The number of nitrogens with one attached hydrogen (secondary N) is 1. The first-order chi connectivity index (χ1) is 13.5. The van der Waals surface area contributed by atoms with Crippen LogP contribution in [0.2, 0.25) is 0 Å². The first-order valence-corrected chi connectivity index (χ1v) is 9.34. The lowest BCUT2D eigenvalue weighted by molar-refractivity contribution is -0.119. The molecule has 3 rings (SSSR count). The number of hydrogen-bond donors (Lipinski definition) is 2. The fraction of sp³-hybridized carbons (Fsp3) is 0.273. The monoisotopic (exact) mass is 379 g/mol. The number of fused-ring (bicyclic) bond motifs is 1. The Balaban J connectivity index is 1.65. The Bertz CT molecular complexity index is 939. The molecule has 3 N–H and O–H groups in total. The van der Waals surface area contributed by atoms with Crippen molar-refractivity contribution in [3.8, 4) is 17.4 Å². The summed E-state index contributed by atoms with van der Waals surface area (Å²) in [5.74, 6) is 1.90. The Labute approximate surface area is 164 Å². The van der Waals surface area contributed by atoms with E-state index in [4.69, 9.17) is 15.2 Å². The highest BCUT2D eigenvalue weighted by Gasteiger charge is 2.04. The van der Waals surface area contributed by atoms with Crippen LogP contribution in [-0.2, 0) is 11.2 Å². The van der Waals surface area contributed by atoms with Gasteiger partial charge in [-0.3, -0.25) is 4.79 Å². The van der Waals surface area contributed by atoms with E-state index in [9.17, 15) is 4.79 Å². The van der Waals surface area contributed by atoms with Crippen LogP contribution < -0.4 is 20.5 Å². The lowest BCUT2D eigenvalue weighted by Gasteiger charge is -2.11. The van der Waals surface area contributed by atoms with E-state index in [-0.39, 0.29) is 18.6 Å². The first-order valence-electron chi connectivity index (χ1n) is 9.34. The molecule has 146 valence electrons. The molecule has 0 unspecified atom stereocenters. The highest BCUT2D eigenvalue weighted by molar-refractivity contribution is 5.80. The van der Waals surface area contributed by atoms with Crippen LogP contribution >= 0.6 is 0 Å². The smallest absolute Gasteiger partial charge is 0.233 e. The van der Waals surface area contributed by atoms with E-state index in [0.29, 0.717) is 18.2 Å². The molecule has 0 aliphatic rings. The third kappa shape index (κ3) is 5.44. The second-order valence-corrected chi connectivity index (χ2v) is 6.72. The first kappa shape index (κ1) is 19.6. The quantitative estimate of drug-likeness (QED) is 0.626. The highest BCUT2D eigenvalue weighted by Crippen LogP contribution is 2.25. The van der Waals surface area contributed by atoms with E-state index in [1.54, 1.807) is 0 Å². The zero-order chi connectivity index (χ0) is 19.9. The summed E-state index contributed by atoms with van der Waals surface area (Å²) in [5, 5.41) is 3.79. The predicted molar refractivity (Wildman–Crippen MR) is 110 cm³/mol. The third-order valence-corrected chi connectivity index (χ3v) is 4.07. The van der Waals surface area contributed by atoms with Gasteiger partial charge in [-0.2, -0.15) is 0 Å². The van der Waals surface area contributed by atoms with E-state index >= 15 is 0 Å². The molecule has 0 spiro atoms. The van der Waals surface area contributed by atoms with Gasteiger partial charge in [0.1, 0.15) is 11.5 Å². The van der Waals surface area contributed by atoms with Crippen molar-refractivity contribution in [2.75, 3.05) is 13.1 Å². The third-order valence-electron chi connectivity index (χ3n) is 4.07. The van der Waals surface area contributed by atoms with Crippen LogP contribution in [0.3, 0.4) is 0 Å². The van der Waals surface area contributed by atoms with Crippen LogP contribution in [0.15, 0.2) is 54.6 Å². The van der Waals surface area contributed by atoms with Crippen LogP contribution in [0.25, 0.3) is 10.9 Å². The molecule has 0 atom stereocenters. The van der Waals surface area contributed by atoms with Crippen LogP contribution in [0.5, 0.6) is 17.4 Å². The van der Waals surface area contributed by atoms with Crippen molar-refractivity contribution in [3.05, 3.63) is 60.2 Å². The van der Waals surface area contributed by atoms with Crippen LogP contribution in [0, 0.1) is 0 Å². The van der Waals surface area contributed by atoms with Gasteiger partial charge in [0.05, 0.1) is 18.2 Å². The molecule has 0 fully saturated rings. The number of carbonyl (C=O) groups excluding carboxylic acids is 1. The fourth-order valence-corrected chi connectivity index (χ4v) is 2.77. The van der Waals surface area contributed by atoms with E-state index in [1.165, 1.54) is 0 Å². The van der Waals surface area contributed by atoms with Crippen molar-refractivity contribution < 1.29 is 14.3 Å². The van der Waals surface area contributed by atoms with Crippen LogP contribution in [0.1, 0.15) is 19.4 Å². The van der Waals surface area contributed by atoms with Crippen molar-refractivity contribution in [1.29, 1.82) is 0 Å². The number of hydrogen-bond acceptors (Lipinski definition) is 5. The number of nitrogens with two attached hydrogens (primary N) is 1. The van der Waals surface area contributed by atoms with Gasteiger partial charge in [0.2, 0.25) is 11.8 Å². The summed E-state index contributed by atoms with van der Waals surface area (Å²) in [7, 11) is 0. The second kappa shape index (κ2) is 9.19. The largest absolute Gasteiger partial charge is 0.491 e. The molecule has 0 saturated heterocycles. The van der Waals surface area contributed by atoms with Gasteiger partial charge in [0.15, 0.2) is 0 Å². The van der Waals surface area contributed by atoms with E-state index in [1.807, 2.05) is 62.4 Å². The Morgan fingerprint density at radius 1 is 1.07 bits per heavy atom. The van der Waals surface area contributed by atoms with Crippen molar-refractivity contribution in [1.82, 2.24) is 10.3 Å². The summed E-state index contributed by atoms with van der Waals surface area (Å²) in [5.41, 5.74) is 7.26. The molecular formula is C22H25N3O3. The second-order valence-electron chi connectivity index (χ2n) is 6.72. The molecule has 6 nitrogen and oxygen atoms in total. The van der Waals surface area contributed by atoms with Crippen molar-refractivity contribution in [3.63, 3.8) is 0 Å². The van der Waals surface area contributed by atoms with Crippen molar-refractivity contribution in [2.45, 2.75) is 26.4 Å². The van der Waals surface area contributed by atoms with Gasteiger partial charge in [-0.25, -0.2) is 4.98 Å². The van der Waals surface area contributed by atoms with Crippen molar-refractivity contribution >= 4 is 16.8 Å².